The van der Waals surface area contributed by atoms with Gasteiger partial charge in [0, 0.05) is 12.3 Å². The van der Waals surface area contributed by atoms with E-state index in [4.69, 9.17) is 9.47 Å². The van der Waals surface area contributed by atoms with Crippen LogP contribution in [0, 0.1) is 11.3 Å². The predicted molar refractivity (Wildman–Crippen MR) is 72.6 cm³/mol. The summed E-state index contributed by atoms with van der Waals surface area (Å²) < 4.78 is 10.5. The van der Waals surface area contributed by atoms with Crippen molar-refractivity contribution in [1.29, 1.82) is 0 Å². The zero-order chi connectivity index (χ0) is 14.3. The van der Waals surface area contributed by atoms with Gasteiger partial charge < -0.3 is 9.47 Å². The van der Waals surface area contributed by atoms with Gasteiger partial charge in [-0.05, 0) is 19.3 Å². The van der Waals surface area contributed by atoms with Gasteiger partial charge in [0.15, 0.2) is 0 Å². The van der Waals surface area contributed by atoms with Crippen LogP contribution in [0.2, 0.25) is 0 Å². The average Bonchev–Trinajstić information content (AvgIpc) is 2.43. The molecule has 1 saturated carbocycles. The molecule has 0 bridgehead atoms. The van der Waals surface area contributed by atoms with E-state index >= 15 is 0 Å². The molecule has 19 heavy (non-hydrogen) atoms. The zero-order valence-corrected chi connectivity index (χ0v) is 12.4. The van der Waals surface area contributed by atoms with Gasteiger partial charge in [-0.2, -0.15) is 0 Å². The summed E-state index contributed by atoms with van der Waals surface area (Å²) in [6.45, 7) is 6.01. The van der Waals surface area contributed by atoms with E-state index in [1.807, 2.05) is 13.8 Å². The van der Waals surface area contributed by atoms with Crippen LogP contribution in [-0.2, 0) is 19.1 Å². The van der Waals surface area contributed by atoms with Crippen LogP contribution in [0.15, 0.2) is 0 Å². The number of hydrogen-bond donors (Lipinski definition) is 0. The number of hydrogen-bond acceptors (Lipinski definition) is 4. The van der Waals surface area contributed by atoms with Gasteiger partial charge in [0.2, 0.25) is 0 Å². The molecule has 110 valence electrons. The van der Waals surface area contributed by atoms with Crippen molar-refractivity contribution in [2.75, 3.05) is 13.2 Å². The molecule has 0 aromatic heterocycles. The van der Waals surface area contributed by atoms with E-state index < -0.39 is 0 Å². The van der Waals surface area contributed by atoms with E-state index in [0.717, 1.165) is 32.1 Å². The first kappa shape index (κ1) is 16.0. The first-order valence-corrected chi connectivity index (χ1v) is 7.27. The van der Waals surface area contributed by atoms with Crippen molar-refractivity contribution in [2.45, 2.75) is 59.3 Å². The van der Waals surface area contributed by atoms with Crippen molar-refractivity contribution in [3.05, 3.63) is 0 Å². The smallest absolute Gasteiger partial charge is 0.308 e. The Hall–Kier alpha value is -1.06. The molecule has 0 saturated heterocycles. The highest BCUT2D eigenvalue weighted by atomic mass is 16.5. The first-order chi connectivity index (χ1) is 8.97. The van der Waals surface area contributed by atoms with Crippen molar-refractivity contribution >= 4 is 11.9 Å². The maximum Gasteiger partial charge on any atom is 0.308 e. The molecule has 4 nitrogen and oxygen atoms in total. The number of ether oxygens (including phenoxy) is 2. The van der Waals surface area contributed by atoms with Crippen LogP contribution in [0.3, 0.4) is 0 Å². The average molecular weight is 270 g/mol. The summed E-state index contributed by atoms with van der Waals surface area (Å²) >= 11 is 0. The lowest BCUT2D eigenvalue weighted by Gasteiger charge is -2.28. The Bertz CT molecular complexity index is 307. The lowest BCUT2D eigenvalue weighted by atomic mass is 9.88. The topological polar surface area (TPSA) is 52.6 Å². The summed E-state index contributed by atoms with van der Waals surface area (Å²) in [5.74, 6) is -0.302. The van der Waals surface area contributed by atoms with Gasteiger partial charge in [-0.3, -0.25) is 9.59 Å². The molecule has 1 aliphatic carbocycles. The van der Waals surface area contributed by atoms with E-state index in [9.17, 15) is 9.59 Å². The molecular formula is C15H26O4. The van der Waals surface area contributed by atoms with E-state index in [-0.39, 0.29) is 23.3 Å². The van der Waals surface area contributed by atoms with E-state index in [2.05, 4.69) is 0 Å². The Kier molecular flexibility index (Phi) is 6.32. The predicted octanol–water partition coefficient (Wildman–Crippen LogP) is 3.09. The van der Waals surface area contributed by atoms with Crippen LogP contribution in [0.5, 0.6) is 0 Å². The Balaban J connectivity index is 2.38. The minimum atomic E-state index is -0.293. The van der Waals surface area contributed by atoms with Gasteiger partial charge in [0.1, 0.15) is 0 Å². The standard InChI is InChI=1S/C15H26O4/c1-4-15(3,10-18-12(2)16)11-19-14(17)13-8-6-5-7-9-13/h13H,4-11H2,1-3H3. The fourth-order valence-corrected chi connectivity index (χ4v) is 2.22. The molecule has 0 radical (unpaired) electrons. The Labute approximate surface area is 115 Å². The maximum atomic E-state index is 12.0. The molecule has 0 aromatic carbocycles. The molecular weight excluding hydrogens is 244 g/mol. The Morgan fingerprint density at radius 1 is 1.11 bits per heavy atom. The summed E-state index contributed by atoms with van der Waals surface area (Å²) in [4.78, 5) is 22.8. The molecule has 0 spiro atoms. The summed E-state index contributed by atoms with van der Waals surface area (Å²) in [7, 11) is 0. The molecule has 0 aliphatic heterocycles. The minimum Gasteiger partial charge on any atom is -0.465 e. The van der Waals surface area contributed by atoms with Crippen molar-refractivity contribution in [3.63, 3.8) is 0 Å². The molecule has 1 fully saturated rings. The molecule has 1 aliphatic rings. The van der Waals surface area contributed by atoms with Crippen LogP contribution in [0.1, 0.15) is 59.3 Å². The SMILES string of the molecule is CCC(C)(COC(C)=O)COC(=O)C1CCCCC1. The third kappa shape index (κ3) is 5.62. The Morgan fingerprint density at radius 3 is 2.21 bits per heavy atom. The fraction of sp³-hybridized carbons (Fsp3) is 0.867. The van der Waals surface area contributed by atoms with Gasteiger partial charge in [0.05, 0.1) is 19.1 Å². The highest BCUT2D eigenvalue weighted by Crippen LogP contribution is 2.27. The van der Waals surface area contributed by atoms with Crippen LogP contribution in [-0.4, -0.2) is 25.2 Å². The van der Waals surface area contributed by atoms with Gasteiger partial charge in [-0.25, -0.2) is 0 Å². The number of carbonyl (C=O) groups is 2. The third-order valence-corrected chi connectivity index (χ3v) is 3.98. The second-order valence-electron chi connectivity index (χ2n) is 5.89. The molecule has 0 heterocycles. The highest BCUT2D eigenvalue weighted by Gasteiger charge is 2.28. The van der Waals surface area contributed by atoms with Crippen LogP contribution >= 0.6 is 0 Å². The summed E-state index contributed by atoms with van der Waals surface area (Å²) in [5, 5.41) is 0. The van der Waals surface area contributed by atoms with Gasteiger partial charge in [0.25, 0.3) is 0 Å². The van der Waals surface area contributed by atoms with Gasteiger partial charge in [-0.1, -0.05) is 33.1 Å². The summed E-state index contributed by atoms with van der Waals surface area (Å²) in [6.07, 6.45) is 6.18. The van der Waals surface area contributed by atoms with Crippen LogP contribution < -0.4 is 0 Å². The van der Waals surface area contributed by atoms with E-state index in [1.54, 1.807) is 0 Å². The summed E-state index contributed by atoms with van der Waals surface area (Å²) in [5.41, 5.74) is -0.282. The van der Waals surface area contributed by atoms with E-state index in [0.29, 0.717) is 13.2 Å². The highest BCUT2D eigenvalue weighted by molar-refractivity contribution is 5.72. The molecule has 1 atom stereocenters. The number of rotatable bonds is 6. The minimum absolute atomic E-state index is 0.0728. The molecule has 1 unspecified atom stereocenters. The lowest BCUT2D eigenvalue weighted by molar-refractivity contribution is -0.156. The molecule has 0 aromatic rings. The van der Waals surface area contributed by atoms with Crippen molar-refractivity contribution < 1.29 is 19.1 Å². The van der Waals surface area contributed by atoms with Gasteiger partial charge >= 0.3 is 11.9 Å². The van der Waals surface area contributed by atoms with Crippen molar-refractivity contribution in [1.82, 2.24) is 0 Å². The maximum absolute atomic E-state index is 12.0. The lowest BCUT2D eigenvalue weighted by Crippen LogP contribution is -2.32. The molecule has 0 N–H and O–H groups in total. The van der Waals surface area contributed by atoms with Crippen molar-refractivity contribution in [3.8, 4) is 0 Å². The largest absolute Gasteiger partial charge is 0.465 e. The molecule has 1 rings (SSSR count). The monoisotopic (exact) mass is 270 g/mol. The number of carbonyl (C=O) groups excluding carboxylic acids is 2. The second kappa shape index (κ2) is 7.51. The Morgan fingerprint density at radius 2 is 1.68 bits per heavy atom. The third-order valence-electron chi connectivity index (χ3n) is 3.98. The summed E-state index contributed by atoms with van der Waals surface area (Å²) in [6, 6.07) is 0. The number of esters is 2. The van der Waals surface area contributed by atoms with E-state index in [1.165, 1.54) is 13.3 Å². The van der Waals surface area contributed by atoms with Crippen LogP contribution in [0.4, 0.5) is 0 Å². The zero-order valence-electron chi connectivity index (χ0n) is 12.4. The molecule has 0 amide bonds. The normalized spacial score (nSPS) is 19.5. The van der Waals surface area contributed by atoms with Gasteiger partial charge in [-0.15, -0.1) is 0 Å². The quantitative estimate of drug-likeness (QED) is 0.696. The van der Waals surface area contributed by atoms with Crippen LogP contribution in [0.25, 0.3) is 0 Å². The van der Waals surface area contributed by atoms with Crippen molar-refractivity contribution in [2.24, 2.45) is 11.3 Å². The fourth-order valence-electron chi connectivity index (χ4n) is 2.22. The second-order valence-corrected chi connectivity index (χ2v) is 5.89. The molecule has 4 heteroatoms. The first-order valence-electron chi connectivity index (χ1n) is 7.27.